The quantitative estimate of drug-likeness (QED) is 0.778. The number of aromatic nitrogens is 2. The van der Waals surface area contributed by atoms with Gasteiger partial charge in [-0.25, -0.2) is 0 Å². The van der Waals surface area contributed by atoms with Crippen LogP contribution in [-0.4, -0.2) is 26.8 Å². The second-order valence-electron chi connectivity index (χ2n) is 4.60. The third kappa shape index (κ3) is 4.44. The monoisotopic (exact) mass is 255 g/mol. The van der Waals surface area contributed by atoms with Crippen LogP contribution in [0.3, 0.4) is 0 Å². The van der Waals surface area contributed by atoms with Crippen molar-refractivity contribution in [1.29, 1.82) is 0 Å². The molecule has 0 unspecified atom stereocenters. The average molecular weight is 255 g/mol. The van der Waals surface area contributed by atoms with E-state index in [1.54, 1.807) is 6.92 Å². The Kier molecular flexibility index (Phi) is 5.27. The molecular formula is C12H21N3O3. The number of amides is 1. The first-order valence-electron chi connectivity index (χ1n) is 6.31. The second kappa shape index (κ2) is 6.49. The summed E-state index contributed by atoms with van der Waals surface area (Å²) in [7, 11) is 0. The Balaban J connectivity index is 2.55. The summed E-state index contributed by atoms with van der Waals surface area (Å²) < 4.78 is 4.79. The smallest absolute Gasteiger partial charge is 0.328 e. The summed E-state index contributed by atoms with van der Waals surface area (Å²) >= 11 is 0. The fourth-order valence-corrected chi connectivity index (χ4v) is 2.04. The maximum absolute atomic E-state index is 11.8. The first-order chi connectivity index (χ1) is 8.49. The van der Waals surface area contributed by atoms with Gasteiger partial charge in [0, 0.05) is 0 Å². The Morgan fingerprint density at radius 2 is 2.00 bits per heavy atom. The van der Waals surface area contributed by atoms with Crippen LogP contribution in [0.25, 0.3) is 0 Å². The number of rotatable bonds is 7. The van der Waals surface area contributed by atoms with E-state index in [0.29, 0.717) is 18.7 Å². The molecule has 0 aromatic carbocycles. The molecule has 0 aliphatic rings. The van der Waals surface area contributed by atoms with Gasteiger partial charge in [0.05, 0.1) is 12.0 Å². The lowest BCUT2D eigenvalue weighted by Crippen LogP contribution is -2.33. The lowest BCUT2D eigenvalue weighted by molar-refractivity contribution is -0.121. The molecule has 1 aromatic rings. The number of carbonyl (C=O) groups is 1. The molecule has 18 heavy (non-hydrogen) atoms. The Morgan fingerprint density at radius 1 is 1.39 bits per heavy atom. The van der Waals surface area contributed by atoms with Gasteiger partial charge in [0.1, 0.15) is 0 Å². The van der Waals surface area contributed by atoms with Crippen LogP contribution in [0.2, 0.25) is 0 Å². The minimum Gasteiger partial charge on any atom is -0.389 e. The lowest BCUT2D eigenvalue weighted by atomic mass is 9.89. The molecule has 2 N–H and O–H groups in total. The zero-order valence-electron chi connectivity index (χ0n) is 11.2. The van der Waals surface area contributed by atoms with Crippen LogP contribution in [0.1, 0.15) is 51.8 Å². The van der Waals surface area contributed by atoms with Crippen molar-refractivity contribution in [3.8, 4) is 0 Å². The maximum Gasteiger partial charge on any atom is 0.328 e. The van der Waals surface area contributed by atoms with Crippen LogP contribution >= 0.6 is 0 Å². The first-order valence-corrected chi connectivity index (χ1v) is 6.31. The summed E-state index contributed by atoms with van der Waals surface area (Å²) in [5.74, 6) is 0.158. The normalized spacial score (nSPS) is 11.6. The highest BCUT2D eigenvalue weighted by atomic mass is 16.5. The van der Waals surface area contributed by atoms with Gasteiger partial charge in [-0.15, -0.1) is 0 Å². The van der Waals surface area contributed by atoms with E-state index in [0.717, 1.165) is 12.8 Å². The zero-order chi connectivity index (χ0) is 13.6. The van der Waals surface area contributed by atoms with Crippen LogP contribution < -0.4 is 5.32 Å². The van der Waals surface area contributed by atoms with Gasteiger partial charge < -0.3 is 9.63 Å². The molecule has 1 aromatic heterocycles. The van der Waals surface area contributed by atoms with Crippen molar-refractivity contribution in [2.45, 2.75) is 58.5 Å². The van der Waals surface area contributed by atoms with Crippen molar-refractivity contribution in [1.82, 2.24) is 10.1 Å². The fourth-order valence-electron chi connectivity index (χ4n) is 2.04. The van der Waals surface area contributed by atoms with E-state index in [4.69, 9.17) is 4.52 Å². The summed E-state index contributed by atoms with van der Waals surface area (Å²) in [5, 5.41) is 16.4. The molecule has 1 rings (SSSR count). The van der Waals surface area contributed by atoms with E-state index in [-0.39, 0.29) is 18.3 Å². The number of aliphatic hydroxyl groups is 1. The standard InChI is InChI=1S/C12H21N3O3/c1-4-6-12(17,7-5-2)8-10(16)14-11-13-9(3)15-18-11/h17H,4-8H2,1-3H3,(H,13,14,15,16). The molecule has 0 saturated heterocycles. The number of anilines is 1. The van der Waals surface area contributed by atoms with Crippen LogP contribution in [0.15, 0.2) is 4.52 Å². The number of nitrogens with one attached hydrogen (secondary N) is 1. The maximum atomic E-state index is 11.8. The van der Waals surface area contributed by atoms with Crippen LogP contribution in [0.4, 0.5) is 6.01 Å². The predicted octanol–water partition coefficient (Wildman–Crippen LogP) is 2.04. The summed E-state index contributed by atoms with van der Waals surface area (Å²) in [6.45, 7) is 5.64. The summed E-state index contributed by atoms with van der Waals surface area (Å²) in [4.78, 5) is 15.7. The largest absolute Gasteiger partial charge is 0.389 e. The Morgan fingerprint density at radius 3 is 2.44 bits per heavy atom. The molecule has 0 bridgehead atoms. The van der Waals surface area contributed by atoms with E-state index in [1.807, 2.05) is 13.8 Å². The number of nitrogens with zero attached hydrogens (tertiary/aromatic N) is 2. The minimum atomic E-state index is -0.942. The van der Waals surface area contributed by atoms with Crippen LogP contribution in [0, 0.1) is 6.92 Å². The molecule has 6 nitrogen and oxygen atoms in total. The van der Waals surface area contributed by atoms with Crippen molar-refractivity contribution in [2.24, 2.45) is 0 Å². The van der Waals surface area contributed by atoms with Gasteiger partial charge in [0.25, 0.3) is 0 Å². The lowest BCUT2D eigenvalue weighted by Gasteiger charge is -2.26. The highest BCUT2D eigenvalue weighted by Crippen LogP contribution is 2.24. The highest BCUT2D eigenvalue weighted by molar-refractivity contribution is 5.89. The number of hydrogen-bond donors (Lipinski definition) is 2. The average Bonchev–Trinajstić information content (AvgIpc) is 2.63. The van der Waals surface area contributed by atoms with Crippen molar-refractivity contribution < 1.29 is 14.4 Å². The number of carbonyl (C=O) groups excluding carboxylic acids is 1. The van der Waals surface area contributed by atoms with E-state index in [2.05, 4.69) is 15.5 Å². The molecule has 0 aliphatic heterocycles. The third-order valence-corrected chi connectivity index (χ3v) is 2.69. The molecule has 0 spiro atoms. The number of hydrogen-bond acceptors (Lipinski definition) is 5. The summed E-state index contributed by atoms with van der Waals surface area (Å²) in [5.41, 5.74) is -0.942. The SMILES string of the molecule is CCCC(O)(CCC)CC(=O)Nc1nc(C)no1. The summed E-state index contributed by atoms with van der Waals surface area (Å²) in [6.07, 6.45) is 2.94. The van der Waals surface area contributed by atoms with Crippen LogP contribution in [0.5, 0.6) is 0 Å². The molecule has 1 heterocycles. The highest BCUT2D eigenvalue weighted by Gasteiger charge is 2.28. The topological polar surface area (TPSA) is 88.2 Å². The van der Waals surface area contributed by atoms with E-state index < -0.39 is 5.60 Å². The molecule has 6 heteroatoms. The third-order valence-electron chi connectivity index (χ3n) is 2.69. The van der Waals surface area contributed by atoms with E-state index in [1.165, 1.54) is 0 Å². The Bertz CT molecular complexity index is 384. The number of aryl methyl sites for hydroxylation is 1. The Labute approximate surface area is 107 Å². The molecular weight excluding hydrogens is 234 g/mol. The van der Waals surface area contributed by atoms with E-state index in [9.17, 15) is 9.90 Å². The fraction of sp³-hybridized carbons (Fsp3) is 0.750. The minimum absolute atomic E-state index is 0.0517. The van der Waals surface area contributed by atoms with Crippen molar-refractivity contribution in [2.75, 3.05) is 5.32 Å². The molecule has 0 aliphatic carbocycles. The Hall–Kier alpha value is -1.43. The second-order valence-corrected chi connectivity index (χ2v) is 4.60. The van der Waals surface area contributed by atoms with Gasteiger partial charge in [0.15, 0.2) is 5.82 Å². The van der Waals surface area contributed by atoms with Gasteiger partial charge in [-0.3, -0.25) is 10.1 Å². The van der Waals surface area contributed by atoms with Gasteiger partial charge in [-0.05, 0) is 19.8 Å². The van der Waals surface area contributed by atoms with Gasteiger partial charge in [0.2, 0.25) is 5.91 Å². The summed E-state index contributed by atoms with van der Waals surface area (Å²) in [6, 6.07) is 0.0767. The first kappa shape index (κ1) is 14.6. The van der Waals surface area contributed by atoms with E-state index >= 15 is 0 Å². The van der Waals surface area contributed by atoms with Crippen molar-refractivity contribution >= 4 is 11.9 Å². The van der Waals surface area contributed by atoms with Crippen molar-refractivity contribution in [3.63, 3.8) is 0 Å². The molecule has 0 fully saturated rings. The molecule has 1 amide bonds. The van der Waals surface area contributed by atoms with Crippen molar-refractivity contribution in [3.05, 3.63) is 5.82 Å². The van der Waals surface area contributed by atoms with Crippen LogP contribution in [-0.2, 0) is 4.79 Å². The predicted molar refractivity (Wildman–Crippen MR) is 67.0 cm³/mol. The van der Waals surface area contributed by atoms with Gasteiger partial charge >= 0.3 is 6.01 Å². The molecule has 102 valence electrons. The zero-order valence-corrected chi connectivity index (χ0v) is 11.2. The van der Waals surface area contributed by atoms with Gasteiger partial charge in [-0.2, -0.15) is 4.98 Å². The molecule has 0 radical (unpaired) electrons. The van der Waals surface area contributed by atoms with Gasteiger partial charge in [-0.1, -0.05) is 31.8 Å². The molecule has 0 saturated carbocycles. The molecule has 0 atom stereocenters.